The average Bonchev–Trinajstić information content (AvgIpc) is 2.99. The number of aromatic nitrogens is 1. The molecule has 42 heavy (non-hydrogen) atoms. The number of ether oxygens (including phenoxy) is 2. The third kappa shape index (κ3) is 11.5. The summed E-state index contributed by atoms with van der Waals surface area (Å²) < 4.78 is 14.0. The maximum atomic E-state index is 13.2. The normalized spacial score (nSPS) is 11.0. The van der Waals surface area contributed by atoms with Crippen LogP contribution >= 0.6 is 0 Å². The number of unbranched alkanes of at least 4 members (excludes halogenated alkanes) is 11. The zero-order valence-corrected chi connectivity index (χ0v) is 26.6. The first-order chi connectivity index (χ1) is 20.5. The summed E-state index contributed by atoms with van der Waals surface area (Å²) in [5.74, 6) is 1.28. The van der Waals surface area contributed by atoms with Crippen LogP contribution in [0.5, 0.6) is 11.5 Å². The van der Waals surface area contributed by atoms with Gasteiger partial charge < -0.3 is 14.8 Å². The Morgan fingerprint density at radius 2 is 1.40 bits per heavy atom. The van der Waals surface area contributed by atoms with E-state index in [2.05, 4.69) is 55.2 Å². The van der Waals surface area contributed by atoms with Crippen molar-refractivity contribution in [1.29, 1.82) is 0 Å². The Morgan fingerprint density at radius 3 is 2.07 bits per heavy atom. The highest BCUT2D eigenvalue weighted by atomic mass is 16.5. The molecule has 0 bridgehead atoms. The van der Waals surface area contributed by atoms with Crippen LogP contribution in [0.1, 0.15) is 106 Å². The molecule has 1 heterocycles. The maximum Gasteiger partial charge on any atom is 0.228 e. The molecule has 3 aromatic rings. The summed E-state index contributed by atoms with van der Waals surface area (Å²) in [6.07, 6.45) is 20.2. The van der Waals surface area contributed by atoms with Crippen molar-refractivity contribution in [2.75, 3.05) is 19.0 Å². The van der Waals surface area contributed by atoms with Crippen LogP contribution in [0.15, 0.2) is 60.9 Å². The Morgan fingerprint density at radius 1 is 0.762 bits per heavy atom. The molecule has 5 heteroatoms. The molecule has 0 unspecified atom stereocenters. The topological polar surface area (TPSA) is 51.4 Å². The molecule has 0 saturated heterocycles. The van der Waals surface area contributed by atoms with Gasteiger partial charge in [-0.25, -0.2) is 4.57 Å². The second-order valence-corrected chi connectivity index (χ2v) is 11.6. The number of aryl methyl sites for hydroxylation is 2. The lowest BCUT2D eigenvalue weighted by Crippen LogP contribution is -2.34. The highest BCUT2D eigenvalue weighted by Gasteiger charge is 2.16. The average molecular weight is 574 g/mol. The number of pyridine rings is 1. The third-order valence-electron chi connectivity index (χ3n) is 8.02. The van der Waals surface area contributed by atoms with Crippen molar-refractivity contribution < 1.29 is 18.8 Å². The Labute approximate surface area is 254 Å². The van der Waals surface area contributed by atoms with Gasteiger partial charge in [-0.15, -0.1) is 0 Å². The zero-order valence-electron chi connectivity index (χ0n) is 26.6. The highest BCUT2D eigenvalue weighted by Crippen LogP contribution is 2.32. The molecule has 3 rings (SSSR count). The van der Waals surface area contributed by atoms with Crippen molar-refractivity contribution >= 4 is 11.6 Å². The molecule has 5 nitrogen and oxygen atoms in total. The first-order valence-corrected chi connectivity index (χ1v) is 16.1. The molecule has 0 saturated carbocycles. The number of hydrogen-bond donors (Lipinski definition) is 1. The number of methoxy groups -OCH3 is 1. The van der Waals surface area contributed by atoms with E-state index in [1.165, 1.54) is 75.3 Å². The minimum absolute atomic E-state index is 0.0731. The van der Waals surface area contributed by atoms with Crippen LogP contribution in [0.4, 0.5) is 5.69 Å². The number of rotatable bonds is 20. The number of carbonyl (C=O) groups is 1. The minimum Gasteiger partial charge on any atom is -0.493 e. The predicted molar refractivity (Wildman–Crippen MR) is 174 cm³/mol. The molecule has 0 spiro atoms. The highest BCUT2D eigenvalue weighted by molar-refractivity contribution is 5.93. The molecular formula is C37H53N2O3+. The number of benzene rings is 2. The minimum atomic E-state index is -0.0731. The fourth-order valence-corrected chi connectivity index (χ4v) is 5.32. The van der Waals surface area contributed by atoms with Crippen LogP contribution in [0.25, 0.3) is 0 Å². The quantitative estimate of drug-likeness (QED) is 0.108. The molecule has 1 N–H and O–H groups in total. The first-order valence-electron chi connectivity index (χ1n) is 16.1. The Balaban J connectivity index is 1.47. The largest absolute Gasteiger partial charge is 0.493 e. The molecule has 0 fully saturated rings. The van der Waals surface area contributed by atoms with Crippen molar-refractivity contribution in [3.8, 4) is 11.5 Å². The van der Waals surface area contributed by atoms with E-state index in [9.17, 15) is 4.79 Å². The van der Waals surface area contributed by atoms with Crippen molar-refractivity contribution in [3.63, 3.8) is 0 Å². The van der Waals surface area contributed by atoms with Crippen molar-refractivity contribution in [2.24, 2.45) is 0 Å². The first kappa shape index (κ1) is 33.2. The van der Waals surface area contributed by atoms with E-state index in [-0.39, 0.29) is 12.3 Å². The van der Waals surface area contributed by atoms with Gasteiger partial charge in [-0.1, -0.05) is 108 Å². The van der Waals surface area contributed by atoms with Crippen LogP contribution in [0.3, 0.4) is 0 Å². The Hall–Kier alpha value is -3.34. The van der Waals surface area contributed by atoms with Crippen molar-refractivity contribution in [2.45, 2.75) is 111 Å². The molecule has 228 valence electrons. The van der Waals surface area contributed by atoms with Gasteiger partial charge in [0.2, 0.25) is 5.91 Å². The van der Waals surface area contributed by atoms with Crippen LogP contribution in [-0.4, -0.2) is 19.6 Å². The number of para-hydroxylation sites is 2. The summed E-state index contributed by atoms with van der Waals surface area (Å²) in [6.45, 7) is 7.82. The molecule has 1 amide bonds. The summed E-state index contributed by atoms with van der Waals surface area (Å²) in [4.78, 5) is 13.2. The van der Waals surface area contributed by atoms with Gasteiger partial charge in [0.25, 0.3) is 0 Å². The van der Waals surface area contributed by atoms with Gasteiger partial charge in [0, 0.05) is 22.8 Å². The number of nitrogens with zero attached hydrogens (tertiary/aromatic N) is 1. The van der Waals surface area contributed by atoms with E-state index in [0.29, 0.717) is 24.7 Å². The van der Waals surface area contributed by atoms with Crippen LogP contribution in [-0.2, 0) is 17.8 Å². The fraction of sp³-hybridized carbons (Fsp3) is 0.514. The molecular weight excluding hydrogens is 520 g/mol. The summed E-state index contributed by atoms with van der Waals surface area (Å²) in [6, 6.07) is 15.9. The van der Waals surface area contributed by atoms with Crippen LogP contribution < -0.4 is 19.4 Å². The zero-order chi connectivity index (χ0) is 30.0. The van der Waals surface area contributed by atoms with Gasteiger partial charge >= 0.3 is 0 Å². The third-order valence-corrected chi connectivity index (χ3v) is 8.02. The number of nitrogens with one attached hydrogen (secondary N) is 1. The van der Waals surface area contributed by atoms with E-state index in [1.807, 2.05) is 36.4 Å². The molecule has 0 atom stereocenters. The fourth-order valence-electron chi connectivity index (χ4n) is 5.32. The lowest BCUT2D eigenvalue weighted by molar-refractivity contribution is -0.688. The monoisotopic (exact) mass is 573 g/mol. The second kappa shape index (κ2) is 19.0. The molecule has 0 aliphatic carbocycles. The number of amides is 1. The number of carbonyl (C=O) groups excluding carboxylic acids is 1. The molecule has 1 aromatic heterocycles. The van der Waals surface area contributed by atoms with Gasteiger partial charge in [-0.05, 0) is 38.0 Å². The van der Waals surface area contributed by atoms with Crippen molar-refractivity contribution in [1.82, 2.24) is 0 Å². The molecule has 0 aliphatic rings. The molecule has 2 aromatic carbocycles. The summed E-state index contributed by atoms with van der Waals surface area (Å²) in [5, 5.41) is 3.14. The van der Waals surface area contributed by atoms with Crippen LogP contribution in [0, 0.1) is 13.8 Å². The molecule has 0 aliphatic heterocycles. The van der Waals surface area contributed by atoms with Gasteiger partial charge in [-0.3, -0.25) is 4.79 Å². The van der Waals surface area contributed by atoms with Crippen LogP contribution in [0.2, 0.25) is 0 Å². The van der Waals surface area contributed by atoms with Crippen molar-refractivity contribution in [3.05, 3.63) is 83.2 Å². The summed E-state index contributed by atoms with van der Waals surface area (Å²) in [7, 11) is 1.65. The number of anilines is 1. The van der Waals surface area contributed by atoms with E-state index in [1.54, 1.807) is 7.11 Å². The number of hydrogen-bond acceptors (Lipinski definition) is 3. The van der Waals surface area contributed by atoms with Gasteiger partial charge in [0.1, 0.15) is 0 Å². The van der Waals surface area contributed by atoms with E-state index >= 15 is 0 Å². The second-order valence-electron chi connectivity index (χ2n) is 11.6. The predicted octanol–water partition coefficient (Wildman–Crippen LogP) is 8.91. The Kier molecular flexibility index (Phi) is 15.0. The van der Waals surface area contributed by atoms with Gasteiger partial charge in [-0.2, -0.15) is 0 Å². The maximum absolute atomic E-state index is 13.2. The lowest BCUT2D eigenvalue weighted by atomic mass is 10.1. The van der Waals surface area contributed by atoms with Gasteiger partial charge in [0.05, 0.1) is 25.8 Å². The van der Waals surface area contributed by atoms with E-state index in [0.717, 1.165) is 29.7 Å². The summed E-state index contributed by atoms with van der Waals surface area (Å²) in [5.41, 5.74) is 5.24. The smallest absolute Gasteiger partial charge is 0.228 e. The summed E-state index contributed by atoms with van der Waals surface area (Å²) >= 11 is 0. The van der Waals surface area contributed by atoms with E-state index in [4.69, 9.17) is 9.47 Å². The SMILES string of the molecule is CCCCCCCCCCCCCCOc1c(CC(=O)Nc2ccccc2C[n+]2ccc(C)c(C)c2)cccc1OC. The molecule has 0 radical (unpaired) electrons. The Bertz CT molecular complexity index is 1220. The standard InChI is InChI=1S/C37H52N2O3/c1-5-6-7-8-9-10-11-12-13-14-15-18-26-42-37-32(21-19-23-35(37)41-4)27-36(40)38-34-22-17-16-20-33(34)29-39-25-24-30(2)31(3)28-39/h16-17,19-25,28H,5-15,18,26-27,29H2,1-4H3/p+1. The van der Waals surface area contributed by atoms with E-state index < -0.39 is 0 Å². The van der Waals surface area contributed by atoms with Gasteiger partial charge in [0.15, 0.2) is 30.4 Å². The lowest BCUT2D eigenvalue weighted by Gasteiger charge is -2.16.